The minimum Gasteiger partial charge on any atom is -0.444 e. The molecule has 0 aliphatic carbocycles. The van der Waals surface area contributed by atoms with Crippen molar-refractivity contribution in [2.75, 3.05) is 19.7 Å². The van der Waals surface area contributed by atoms with Gasteiger partial charge < -0.3 is 19.4 Å². The highest BCUT2D eigenvalue weighted by molar-refractivity contribution is 5.74. The molecule has 0 spiro atoms. The number of hydrogen-bond acceptors (Lipinski definition) is 4. The number of amides is 2. The molecule has 0 unspecified atom stereocenters. The summed E-state index contributed by atoms with van der Waals surface area (Å²) in [5.74, 6) is 1.73. The fourth-order valence-corrected chi connectivity index (χ4v) is 2.95. The molecule has 6 nitrogen and oxygen atoms in total. The zero-order valence-corrected chi connectivity index (χ0v) is 14.8. The number of hydrogen-bond donors (Lipinski definition) is 1. The number of aryl methyl sites for hydroxylation is 2. The van der Waals surface area contributed by atoms with E-state index in [0.29, 0.717) is 31.6 Å². The Balaban J connectivity index is 1.37. The van der Waals surface area contributed by atoms with Crippen molar-refractivity contribution in [3.63, 3.8) is 0 Å². The number of rotatable bonds is 6. The van der Waals surface area contributed by atoms with Gasteiger partial charge in [-0.1, -0.05) is 30.3 Å². The van der Waals surface area contributed by atoms with E-state index in [9.17, 15) is 4.79 Å². The Morgan fingerprint density at radius 2 is 2.16 bits per heavy atom. The minimum atomic E-state index is -0.0703. The van der Waals surface area contributed by atoms with Gasteiger partial charge in [0.2, 0.25) is 5.89 Å². The third-order valence-electron chi connectivity index (χ3n) is 4.50. The lowest BCUT2D eigenvalue weighted by Crippen LogP contribution is -2.38. The summed E-state index contributed by atoms with van der Waals surface area (Å²) in [7, 11) is 0. The first-order valence-corrected chi connectivity index (χ1v) is 8.69. The standard InChI is InChI=1S/C19H25N3O3/c1-14-15(2)25-18(21-14)10-20-19(23)22-9-8-17(11-22)13-24-12-16-6-4-3-5-7-16/h3-7,17H,8-13H2,1-2H3,(H,20,23)/t17-/m0/s1. The van der Waals surface area contributed by atoms with Crippen molar-refractivity contribution in [3.8, 4) is 0 Å². The van der Waals surface area contributed by atoms with Crippen molar-refractivity contribution in [2.45, 2.75) is 33.4 Å². The van der Waals surface area contributed by atoms with Crippen LogP contribution in [0.25, 0.3) is 0 Å². The molecule has 1 aliphatic heterocycles. The Hall–Kier alpha value is -2.34. The normalized spacial score (nSPS) is 17.0. The molecule has 1 aliphatic rings. The number of nitrogens with one attached hydrogen (secondary N) is 1. The van der Waals surface area contributed by atoms with Gasteiger partial charge in [-0.25, -0.2) is 9.78 Å². The number of aromatic nitrogens is 1. The summed E-state index contributed by atoms with van der Waals surface area (Å²) >= 11 is 0. The average molecular weight is 343 g/mol. The van der Waals surface area contributed by atoms with Gasteiger partial charge in [-0.2, -0.15) is 0 Å². The van der Waals surface area contributed by atoms with Gasteiger partial charge in [0.15, 0.2) is 0 Å². The maximum absolute atomic E-state index is 12.3. The van der Waals surface area contributed by atoms with Gasteiger partial charge in [0.25, 0.3) is 0 Å². The highest BCUT2D eigenvalue weighted by atomic mass is 16.5. The first-order valence-electron chi connectivity index (χ1n) is 8.69. The van der Waals surface area contributed by atoms with Crippen LogP contribution in [0.3, 0.4) is 0 Å². The number of carbonyl (C=O) groups excluding carboxylic acids is 1. The fourth-order valence-electron chi connectivity index (χ4n) is 2.95. The summed E-state index contributed by atoms with van der Waals surface area (Å²) < 4.78 is 11.3. The summed E-state index contributed by atoms with van der Waals surface area (Å²) in [6, 6.07) is 10.1. The zero-order chi connectivity index (χ0) is 17.6. The topological polar surface area (TPSA) is 67.6 Å². The Kier molecular flexibility index (Phi) is 5.71. The molecule has 1 atom stereocenters. The number of benzene rings is 1. The SMILES string of the molecule is Cc1nc(CNC(=O)N2CC[C@H](COCc3ccccc3)C2)oc1C. The predicted molar refractivity (Wildman–Crippen MR) is 94.0 cm³/mol. The largest absolute Gasteiger partial charge is 0.444 e. The molecule has 25 heavy (non-hydrogen) atoms. The molecule has 134 valence electrons. The second kappa shape index (κ2) is 8.16. The summed E-state index contributed by atoms with van der Waals surface area (Å²) in [5.41, 5.74) is 2.03. The van der Waals surface area contributed by atoms with Crippen LogP contribution >= 0.6 is 0 Å². The van der Waals surface area contributed by atoms with Gasteiger partial charge in [-0.15, -0.1) is 0 Å². The maximum atomic E-state index is 12.3. The van der Waals surface area contributed by atoms with E-state index in [-0.39, 0.29) is 6.03 Å². The summed E-state index contributed by atoms with van der Waals surface area (Å²) in [6.45, 7) is 6.86. The van der Waals surface area contributed by atoms with Gasteiger partial charge in [0.05, 0.1) is 25.5 Å². The van der Waals surface area contributed by atoms with Crippen LogP contribution in [0.2, 0.25) is 0 Å². The molecular formula is C19H25N3O3. The Bertz CT molecular complexity index is 680. The molecule has 0 bridgehead atoms. The van der Waals surface area contributed by atoms with Gasteiger partial charge in [0, 0.05) is 19.0 Å². The molecule has 1 saturated heterocycles. The molecular weight excluding hydrogens is 318 g/mol. The van der Waals surface area contributed by atoms with Gasteiger partial charge in [-0.3, -0.25) is 0 Å². The Morgan fingerprint density at radius 3 is 2.88 bits per heavy atom. The molecule has 1 aromatic heterocycles. The summed E-state index contributed by atoms with van der Waals surface area (Å²) in [5, 5.41) is 2.87. The molecule has 2 heterocycles. The van der Waals surface area contributed by atoms with E-state index < -0.39 is 0 Å². The molecule has 1 fully saturated rings. The Labute approximate surface area is 148 Å². The predicted octanol–water partition coefficient (Wildman–Crippen LogP) is 3.04. The molecule has 6 heteroatoms. The Morgan fingerprint density at radius 1 is 1.36 bits per heavy atom. The van der Waals surface area contributed by atoms with Crippen LogP contribution < -0.4 is 5.32 Å². The van der Waals surface area contributed by atoms with Crippen molar-refractivity contribution in [1.29, 1.82) is 0 Å². The number of likely N-dealkylation sites (tertiary alicyclic amines) is 1. The van der Waals surface area contributed by atoms with Crippen LogP contribution in [0.4, 0.5) is 4.79 Å². The van der Waals surface area contributed by atoms with Crippen molar-refractivity contribution in [1.82, 2.24) is 15.2 Å². The number of urea groups is 1. The van der Waals surface area contributed by atoms with Crippen LogP contribution in [0.1, 0.15) is 29.3 Å². The van der Waals surface area contributed by atoms with E-state index in [1.807, 2.05) is 36.9 Å². The molecule has 1 N–H and O–H groups in total. The monoisotopic (exact) mass is 343 g/mol. The molecule has 0 saturated carbocycles. The molecule has 1 aromatic carbocycles. The van der Waals surface area contributed by atoms with Crippen LogP contribution in [0.15, 0.2) is 34.7 Å². The summed E-state index contributed by atoms with van der Waals surface area (Å²) in [4.78, 5) is 18.4. The van der Waals surface area contributed by atoms with Gasteiger partial charge >= 0.3 is 6.03 Å². The van der Waals surface area contributed by atoms with Crippen molar-refractivity contribution < 1.29 is 13.9 Å². The fraction of sp³-hybridized carbons (Fsp3) is 0.474. The van der Waals surface area contributed by atoms with Crippen molar-refractivity contribution >= 4 is 6.03 Å². The minimum absolute atomic E-state index is 0.0703. The van der Waals surface area contributed by atoms with E-state index in [1.54, 1.807) is 0 Å². The lowest BCUT2D eigenvalue weighted by Gasteiger charge is -2.17. The zero-order valence-electron chi connectivity index (χ0n) is 14.8. The second-order valence-corrected chi connectivity index (χ2v) is 6.51. The number of oxazole rings is 1. The summed E-state index contributed by atoms with van der Waals surface area (Å²) in [6.07, 6.45) is 0.972. The smallest absolute Gasteiger partial charge is 0.317 e. The highest BCUT2D eigenvalue weighted by Gasteiger charge is 2.26. The van der Waals surface area contributed by atoms with Crippen molar-refractivity contribution in [2.24, 2.45) is 5.92 Å². The first-order chi connectivity index (χ1) is 12.1. The number of ether oxygens (including phenoxy) is 1. The van der Waals surface area contributed by atoms with Gasteiger partial charge in [-0.05, 0) is 25.8 Å². The first kappa shape index (κ1) is 17.5. The van der Waals surface area contributed by atoms with Crippen LogP contribution in [0.5, 0.6) is 0 Å². The quantitative estimate of drug-likeness (QED) is 0.875. The van der Waals surface area contributed by atoms with Crippen LogP contribution in [0, 0.1) is 19.8 Å². The van der Waals surface area contributed by atoms with E-state index in [2.05, 4.69) is 22.4 Å². The van der Waals surface area contributed by atoms with E-state index in [4.69, 9.17) is 9.15 Å². The highest BCUT2D eigenvalue weighted by Crippen LogP contribution is 2.17. The third-order valence-corrected chi connectivity index (χ3v) is 4.50. The van der Waals surface area contributed by atoms with E-state index in [0.717, 1.165) is 31.0 Å². The van der Waals surface area contributed by atoms with Crippen LogP contribution in [-0.2, 0) is 17.9 Å². The lowest BCUT2D eigenvalue weighted by molar-refractivity contribution is 0.0897. The number of carbonyl (C=O) groups is 1. The van der Waals surface area contributed by atoms with E-state index in [1.165, 1.54) is 5.56 Å². The lowest BCUT2D eigenvalue weighted by atomic mass is 10.1. The molecule has 2 aromatic rings. The van der Waals surface area contributed by atoms with Gasteiger partial charge in [0.1, 0.15) is 5.76 Å². The van der Waals surface area contributed by atoms with Crippen molar-refractivity contribution in [3.05, 3.63) is 53.2 Å². The maximum Gasteiger partial charge on any atom is 0.317 e. The van der Waals surface area contributed by atoms with Crippen LogP contribution in [-0.4, -0.2) is 35.6 Å². The third kappa shape index (κ3) is 4.82. The molecule has 3 rings (SSSR count). The molecule has 0 radical (unpaired) electrons. The number of nitrogens with zero attached hydrogens (tertiary/aromatic N) is 2. The second-order valence-electron chi connectivity index (χ2n) is 6.51. The van der Waals surface area contributed by atoms with E-state index >= 15 is 0 Å². The average Bonchev–Trinajstić information content (AvgIpc) is 3.21. The molecule has 2 amide bonds.